The maximum absolute atomic E-state index is 12.0. The summed E-state index contributed by atoms with van der Waals surface area (Å²) < 4.78 is 17.1. The fourth-order valence-corrected chi connectivity index (χ4v) is 4.15. The first-order valence-electron chi connectivity index (χ1n) is 12.4. The van der Waals surface area contributed by atoms with Crippen molar-refractivity contribution in [2.75, 3.05) is 7.11 Å². The Morgan fingerprint density at radius 3 is 2.65 bits per heavy atom. The molecule has 2 amide bonds. The molecule has 0 bridgehead atoms. The highest BCUT2D eigenvalue weighted by Crippen LogP contribution is 2.34. The van der Waals surface area contributed by atoms with Crippen LogP contribution in [0.1, 0.15) is 52.5 Å². The van der Waals surface area contributed by atoms with Crippen molar-refractivity contribution in [1.29, 1.82) is 0 Å². The minimum Gasteiger partial charge on any atom is -0.497 e. The van der Waals surface area contributed by atoms with Crippen LogP contribution in [-0.2, 0) is 11.2 Å². The number of nitrogens with zero attached hydrogens (tertiary/aromatic N) is 1. The van der Waals surface area contributed by atoms with Gasteiger partial charge in [0.25, 0.3) is 0 Å². The van der Waals surface area contributed by atoms with E-state index >= 15 is 0 Å². The lowest BCUT2D eigenvalue weighted by Gasteiger charge is -2.15. The Hall–Kier alpha value is -4.07. The van der Waals surface area contributed by atoms with Gasteiger partial charge in [-0.1, -0.05) is 38.4 Å². The molecule has 1 unspecified atom stereocenters. The summed E-state index contributed by atoms with van der Waals surface area (Å²) in [7, 11) is 1.61. The van der Waals surface area contributed by atoms with Crippen LogP contribution in [-0.4, -0.2) is 29.4 Å². The summed E-state index contributed by atoms with van der Waals surface area (Å²) in [6.45, 7) is 7.69. The van der Waals surface area contributed by atoms with Crippen molar-refractivity contribution in [3.05, 3.63) is 65.4 Å². The molecule has 2 aromatic carbocycles. The maximum atomic E-state index is 12.0. The number of nitrogens with one attached hydrogen (secondary N) is 1. The second kappa shape index (κ2) is 12.8. The average molecular weight is 507 g/mol. The van der Waals surface area contributed by atoms with Gasteiger partial charge < -0.3 is 19.1 Å². The SMILES string of the molecule is CC/C=C(\C=C(/C)Oc1ccc(-c2noc3cc(OC)ccc23)cc1CCC)CC(C)C(=O)NC(=O)O. The van der Waals surface area contributed by atoms with Crippen LogP contribution >= 0.6 is 0 Å². The number of fused-ring (bicyclic) bond motifs is 1. The first-order valence-corrected chi connectivity index (χ1v) is 12.4. The Bertz CT molecular complexity index is 1320. The van der Waals surface area contributed by atoms with Gasteiger partial charge >= 0.3 is 6.09 Å². The molecule has 2 N–H and O–H groups in total. The highest BCUT2D eigenvalue weighted by Gasteiger charge is 2.17. The van der Waals surface area contributed by atoms with Gasteiger partial charge in [0.1, 0.15) is 23.0 Å². The molecule has 1 heterocycles. The third-order valence-electron chi connectivity index (χ3n) is 5.88. The molecule has 0 aliphatic carbocycles. The van der Waals surface area contributed by atoms with Gasteiger partial charge in [0.15, 0.2) is 5.58 Å². The summed E-state index contributed by atoms with van der Waals surface area (Å²) in [5, 5.41) is 15.9. The largest absolute Gasteiger partial charge is 0.497 e. The molecule has 8 heteroatoms. The molecule has 3 rings (SSSR count). The molecule has 1 aromatic heterocycles. The molecule has 3 aromatic rings. The highest BCUT2D eigenvalue weighted by molar-refractivity contribution is 5.93. The zero-order chi connectivity index (χ0) is 26.9. The fraction of sp³-hybridized carbons (Fsp3) is 0.345. The van der Waals surface area contributed by atoms with Gasteiger partial charge in [-0.25, -0.2) is 4.79 Å². The summed E-state index contributed by atoms with van der Waals surface area (Å²) in [4.78, 5) is 22.8. The van der Waals surface area contributed by atoms with Crippen LogP contribution in [0.4, 0.5) is 4.79 Å². The van der Waals surface area contributed by atoms with Crippen LogP contribution < -0.4 is 14.8 Å². The molecule has 0 aliphatic rings. The summed E-state index contributed by atoms with van der Waals surface area (Å²) in [6.07, 6.45) is 5.51. The molecular formula is C29H34N2O6. The second-order valence-corrected chi connectivity index (χ2v) is 8.91. The molecule has 196 valence electrons. The first kappa shape index (κ1) is 27.5. The fourth-order valence-electron chi connectivity index (χ4n) is 4.15. The molecule has 0 saturated carbocycles. The van der Waals surface area contributed by atoms with Crippen molar-refractivity contribution in [2.24, 2.45) is 5.92 Å². The van der Waals surface area contributed by atoms with Crippen LogP contribution in [0.5, 0.6) is 11.5 Å². The predicted molar refractivity (Wildman–Crippen MR) is 143 cm³/mol. The van der Waals surface area contributed by atoms with Crippen LogP contribution in [0.15, 0.2) is 64.4 Å². The van der Waals surface area contributed by atoms with E-state index in [0.717, 1.165) is 52.8 Å². The van der Waals surface area contributed by atoms with Crippen LogP contribution in [0.3, 0.4) is 0 Å². The van der Waals surface area contributed by atoms with Crippen molar-refractivity contribution in [1.82, 2.24) is 10.5 Å². The number of allylic oxidation sites excluding steroid dienone is 4. The van der Waals surface area contributed by atoms with Gasteiger partial charge in [0.05, 0.1) is 7.11 Å². The van der Waals surface area contributed by atoms with Crippen LogP contribution in [0.2, 0.25) is 0 Å². The minimum atomic E-state index is -1.35. The molecular weight excluding hydrogens is 472 g/mol. The number of imide groups is 1. The van der Waals surface area contributed by atoms with E-state index in [0.29, 0.717) is 23.5 Å². The normalized spacial score (nSPS) is 12.9. The number of rotatable bonds is 11. The molecule has 0 fully saturated rings. The Balaban J connectivity index is 1.84. The molecule has 0 saturated heterocycles. The summed E-state index contributed by atoms with van der Waals surface area (Å²) >= 11 is 0. The average Bonchev–Trinajstić information content (AvgIpc) is 3.28. The van der Waals surface area contributed by atoms with Gasteiger partial charge in [0.2, 0.25) is 5.91 Å². The number of ether oxygens (including phenoxy) is 2. The number of aryl methyl sites for hydroxylation is 1. The van der Waals surface area contributed by atoms with E-state index in [1.807, 2.05) is 61.6 Å². The third-order valence-corrected chi connectivity index (χ3v) is 5.88. The number of aromatic nitrogens is 1. The van der Waals surface area contributed by atoms with E-state index in [9.17, 15) is 9.59 Å². The molecule has 1 atom stereocenters. The number of benzene rings is 2. The van der Waals surface area contributed by atoms with E-state index in [1.165, 1.54) is 0 Å². The molecule has 8 nitrogen and oxygen atoms in total. The number of carbonyl (C=O) groups excluding carboxylic acids is 1. The third kappa shape index (κ3) is 7.22. The Labute approximate surface area is 216 Å². The first-order chi connectivity index (χ1) is 17.7. The second-order valence-electron chi connectivity index (χ2n) is 8.91. The predicted octanol–water partition coefficient (Wildman–Crippen LogP) is 6.90. The van der Waals surface area contributed by atoms with E-state index in [1.54, 1.807) is 14.0 Å². The standard InChI is InChI=1S/C29H34N2O6/c1-6-8-20(14-18(3)28(32)30-29(33)34)15-19(4)36-25-13-10-22(16-21(25)9-7-2)27-24-12-11-23(35-5)17-26(24)37-31-27/h8,10-13,15-18H,6-7,9,14H2,1-5H3,(H,30,32)(H,33,34)/b19-15+,20-8-. The van der Waals surface area contributed by atoms with Crippen LogP contribution in [0, 0.1) is 5.92 Å². The minimum absolute atomic E-state index is 0.401. The highest BCUT2D eigenvalue weighted by atomic mass is 16.5. The Morgan fingerprint density at radius 2 is 1.97 bits per heavy atom. The number of methoxy groups -OCH3 is 1. The maximum Gasteiger partial charge on any atom is 0.411 e. The number of carboxylic acid groups (broad SMARTS) is 1. The van der Waals surface area contributed by atoms with E-state index in [2.05, 4.69) is 18.1 Å². The molecule has 0 aliphatic heterocycles. The van der Waals surface area contributed by atoms with E-state index in [4.69, 9.17) is 19.1 Å². The lowest BCUT2D eigenvalue weighted by Crippen LogP contribution is -2.33. The van der Waals surface area contributed by atoms with Crippen molar-refractivity contribution >= 4 is 23.0 Å². The summed E-state index contributed by atoms with van der Waals surface area (Å²) in [6, 6.07) is 11.6. The van der Waals surface area contributed by atoms with Crippen molar-refractivity contribution < 1.29 is 28.7 Å². The van der Waals surface area contributed by atoms with Gasteiger partial charge in [-0.15, -0.1) is 0 Å². The zero-order valence-corrected chi connectivity index (χ0v) is 22.0. The van der Waals surface area contributed by atoms with Crippen molar-refractivity contribution in [3.8, 4) is 22.8 Å². The lowest BCUT2D eigenvalue weighted by atomic mass is 9.99. The van der Waals surface area contributed by atoms with Crippen LogP contribution in [0.25, 0.3) is 22.2 Å². The summed E-state index contributed by atoms with van der Waals surface area (Å²) in [5.41, 5.74) is 4.31. The van der Waals surface area contributed by atoms with Gasteiger partial charge in [-0.2, -0.15) is 0 Å². The smallest absolute Gasteiger partial charge is 0.411 e. The van der Waals surface area contributed by atoms with E-state index in [-0.39, 0.29) is 0 Å². The van der Waals surface area contributed by atoms with Gasteiger partial charge in [-0.3, -0.25) is 10.1 Å². The van der Waals surface area contributed by atoms with Gasteiger partial charge in [0, 0.05) is 22.9 Å². The molecule has 0 radical (unpaired) electrons. The number of hydrogen-bond acceptors (Lipinski definition) is 6. The number of carbonyl (C=O) groups is 2. The quantitative estimate of drug-likeness (QED) is 0.215. The topological polar surface area (TPSA) is 111 Å². The van der Waals surface area contributed by atoms with Crippen molar-refractivity contribution in [2.45, 2.75) is 53.4 Å². The molecule has 0 spiro atoms. The lowest BCUT2D eigenvalue weighted by molar-refractivity contribution is -0.123. The zero-order valence-electron chi connectivity index (χ0n) is 22.0. The van der Waals surface area contributed by atoms with E-state index < -0.39 is 17.9 Å². The Kier molecular flexibility index (Phi) is 9.49. The number of amides is 2. The summed E-state index contributed by atoms with van der Waals surface area (Å²) in [5.74, 6) is 1.11. The Morgan fingerprint density at radius 1 is 1.19 bits per heavy atom. The van der Waals surface area contributed by atoms with Gasteiger partial charge in [-0.05, 0) is 73.7 Å². The molecule has 37 heavy (non-hydrogen) atoms. The monoisotopic (exact) mass is 506 g/mol. The van der Waals surface area contributed by atoms with Crippen molar-refractivity contribution in [3.63, 3.8) is 0 Å². The number of hydrogen-bond donors (Lipinski definition) is 2.